The van der Waals surface area contributed by atoms with Crippen molar-refractivity contribution in [3.63, 3.8) is 0 Å². The molecule has 0 spiro atoms. The molecule has 26 heavy (non-hydrogen) atoms. The van der Waals surface area contributed by atoms with Crippen LogP contribution in [0.2, 0.25) is 0 Å². The maximum absolute atomic E-state index is 12.1. The maximum atomic E-state index is 12.1. The van der Waals surface area contributed by atoms with Crippen molar-refractivity contribution in [2.45, 2.75) is 32.9 Å². The second-order valence-electron chi connectivity index (χ2n) is 5.71. The molecule has 0 saturated heterocycles. The van der Waals surface area contributed by atoms with Crippen LogP contribution in [0.25, 0.3) is 0 Å². The predicted octanol–water partition coefficient (Wildman–Crippen LogP) is 2.96. The number of nitrogens with one attached hydrogen (secondary N) is 1. The number of carbonyl (C=O) groups excluding carboxylic acids is 1. The van der Waals surface area contributed by atoms with Gasteiger partial charge in [-0.25, -0.2) is 4.98 Å². The fourth-order valence-electron chi connectivity index (χ4n) is 2.54. The summed E-state index contributed by atoms with van der Waals surface area (Å²) in [5, 5.41) is 2.88. The number of carbonyl (C=O) groups is 1. The molecular formula is C19H28Cl2N4O. The summed E-state index contributed by atoms with van der Waals surface area (Å²) in [6, 6.07) is 13.2. The van der Waals surface area contributed by atoms with Crippen LogP contribution in [0.15, 0.2) is 48.7 Å². The van der Waals surface area contributed by atoms with Crippen LogP contribution in [-0.2, 0) is 17.8 Å². The summed E-state index contributed by atoms with van der Waals surface area (Å²) in [6.07, 6.45) is 2.34. The minimum atomic E-state index is -0.546. The van der Waals surface area contributed by atoms with E-state index in [1.165, 1.54) is 0 Å². The molecule has 7 heteroatoms. The topological polar surface area (TPSA) is 71.2 Å². The van der Waals surface area contributed by atoms with Crippen molar-refractivity contribution >= 4 is 36.5 Å². The fourth-order valence-corrected chi connectivity index (χ4v) is 2.54. The van der Waals surface area contributed by atoms with Gasteiger partial charge in [0.05, 0.1) is 6.04 Å². The Morgan fingerprint density at radius 2 is 1.73 bits per heavy atom. The van der Waals surface area contributed by atoms with Crippen LogP contribution in [0, 0.1) is 0 Å². The molecule has 0 aliphatic heterocycles. The third-order valence-corrected chi connectivity index (χ3v) is 4.00. The van der Waals surface area contributed by atoms with Crippen LogP contribution >= 0.6 is 24.8 Å². The summed E-state index contributed by atoms with van der Waals surface area (Å²) in [4.78, 5) is 18.8. The Hall–Kier alpha value is -1.82. The average Bonchev–Trinajstić information content (AvgIpc) is 2.62. The van der Waals surface area contributed by atoms with Gasteiger partial charge in [-0.2, -0.15) is 0 Å². The van der Waals surface area contributed by atoms with Crippen LogP contribution in [0.1, 0.15) is 25.0 Å². The van der Waals surface area contributed by atoms with Gasteiger partial charge in [-0.3, -0.25) is 4.79 Å². The summed E-state index contributed by atoms with van der Waals surface area (Å²) >= 11 is 0. The molecule has 0 bridgehead atoms. The van der Waals surface area contributed by atoms with E-state index >= 15 is 0 Å². The van der Waals surface area contributed by atoms with E-state index in [1.807, 2.05) is 42.5 Å². The van der Waals surface area contributed by atoms with Crippen LogP contribution in [0.4, 0.5) is 5.82 Å². The number of amides is 1. The zero-order valence-corrected chi connectivity index (χ0v) is 16.9. The molecule has 1 unspecified atom stereocenters. The van der Waals surface area contributed by atoms with Crippen LogP contribution in [0.3, 0.4) is 0 Å². The Morgan fingerprint density at radius 1 is 1.08 bits per heavy atom. The van der Waals surface area contributed by atoms with Crippen LogP contribution in [-0.4, -0.2) is 30.0 Å². The summed E-state index contributed by atoms with van der Waals surface area (Å²) in [7, 11) is 0. The Bertz CT molecular complexity index is 634. The lowest BCUT2D eigenvalue weighted by molar-refractivity contribution is -0.122. The van der Waals surface area contributed by atoms with Crippen LogP contribution in [0.5, 0.6) is 0 Å². The first-order valence-corrected chi connectivity index (χ1v) is 8.41. The van der Waals surface area contributed by atoms with E-state index in [-0.39, 0.29) is 30.7 Å². The first-order chi connectivity index (χ1) is 11.6. The van der Waals surface area contributed by atoms with Crippen molar-refractivity contribution < 1.29 is 4.79 Å². The van der Waals surface area contributed by atoms with Crippen molar-refractivity contribution in [3.05, 3.63) is 59.8 Å². The van der Waals surface area contributed by atoms with Gasteiger partial charge in [-0.05, 0) is 37.5 Å². The molecule has 0 aliphatic rings. The third-order valence-electron chi connectivity index (χ3n) is 4.00. The zero-order chi connectivity index (χ0) is 17.4. The fraction of sp³-hybridized carbons (Fsp3) is 0.368. The number of pyridine rings is 1. The minimum absolute atomic E-state index is 0. The smallest absolute Gasteiger partial charge is 0.237 e. The lowest BCUT2D eigenvalue weighted by Gasteiger charge is -2.19. The highest BCUT2D eigenvalue weighted by atomic mass is 35.5. The first kappa shape index (κ1) is 24.2. The second kappa shape index (κ2) is 12.5. The van der Waals surface area contributed by atoms with E-state index in [9.17, 15) is 4.79 Å². The van der Waals surface area contributed by atoms with Gasteiger partial charge in [-0.15, -0.1) is 24.8 Å². The quantitative estimate of drug-likeness (QED) is 0.716. The molecule has 0 aliphatic carbocycles. The lowest BCUT2D eigenvalue weighted by Crippen LogP contribution is -2.41. The number of rotatable bonds is 8. The van der Waals surface area contributed by atoms with Crippen molar-refractivity contribution in [2.75, 3.05) is 18.0 Å². The van der Waals surface area contributed by atoms with Crippen LogP contribution < -0.4 is 16.0 Å². The van der Waals surface area contributed by atoms with Gasteiger partial charge in [0.1, 0.15) is 5.82 Å². The average molecular weight is 399 g/mol. The molecule has 1 heterocycles. The van der Waals surface area contributed by atoms with Gasteiger partial charge < -0.3 is 16.0 Å². The zero-order valence-electron chi connectivity index (χ0n) is 15.2. The Balaban J connectivity index is 0.00000312. The number of aromatic nitrogens is 1. The highest BCUT2D eigenvalue weighted by Crippen LogP contribution is 2.10. The number of benzene rings is 1. The van der Waals surface area contributed by atoms with E-state index < -0.39 is 6.04 Å². The minimum Gasteiger partial charge on any atom is -0.357 e. The summed E-state index contributed by atoms with van der Waals surface area (Å²) < 4.78 is 0. The van der Waals surface area contributed by atoms with E-state index in [0.717, 1.165) is 30.0 Å². The van der Waals surface area contributed by atoms with Gasteiger partial charge in [0.2, 0.25) is 5.91 Å². The molecule has 5 nitrogen and oxygen atoms in total. The third kappa shape index (κ3) is 7.20. The monoisotopic (exact) mass is 398 g/mol. The molecule has 1 amide bonds. The van der Waals surface area contributed by atoms with Gasteiger partial charge in [0.25, 0.3) is 0 Å². The Kier molecular flexibility index (Phi) is 11.6. The number of anilines is 1. The van der Waals surface area contributed by atoms with E-state index in [2.05, 4.69) is 29.0 Å². The van der Waals surface area contributed by atoms with E-state index in [4.69, 9.17) is 5.73 Å². The number of nitrogens with zero attached hydrogens (tertiary/aromatic N) is 2. The lowest BCUT2D eigenvalue weighted by atomic mass is 10.1. The molecular weight excluding hydrogens is 371 g/mol. The van der Waals surface area contributed by atoms with Crippen molar-refractivity contribution in [2.24, 2.45) is 5.73 Å². The number of hydrogen-bond acceptors (Lipinski definition) is 4. The number of nitrogens with two attached hydrogens (primary N) is 1. The predicted molar refractivity (Wildman–Crippen MR) is 112 cm³/mol. The molecule has 1 atom stereocenters. The summed E-state index contributed by atoms with van der Waals surface area (Å²) in [6.45, 7) is 6.50. The largest absolute Gasteiger partial charge is 0.357 e. The molecule has 0 radical (unpaired) electrons. The summed E-state index contributed by atoms with van der Waals surface area (Å²) in [5.41, 5.74) is 8.00. The SMILES string of the molecule is CCN(CC)c1ccc(CNC(=O)C(N)Cc2ccccc2)cn1.Cl.Cl. The number of halogens is 2. The van der Waals surface area contributed by atoms with E-state index in [0.29, 0.717) is 13.0 Å². The van der Waals surface area contributed by atoms with Gasteiger partial charge in [0.15, 0.2) is 0 Å². The van der Waals surface area contributed by atoms with Crippen molar-refractivity contribution in [1.29, 1.82) is 0 Å². The van der Waals surface area contributed by atoms with Gasteiger partial charge >= 0.3 is 0 Å². The molecule has 2 aromatic rings. The normalized spacial score (nSPS) is 10.9. The Morgan fingerprint density at radius 3 is 2.27 bits per heavy atom. The second-order valence-corrected chi connectivity index (χ2v) is 5.71. The maximum Gasteiger partial charge on any atom is 0.237 e. The molecule has 3 N–H and O–H groups in total. The molecule has 0 saturated carbocycles. The molecule has 1 aromatic carbocycles. The molecule has 144 valence electrons. The van der Waals surface area contributed by atoms with Gasteiger partial charge in [-0.1, -0.05) is 36.4 Å². The van der Waals surface area contributed by atoms with Crippen molar-refractivity contribution in [1.82, 2.24) is 10.3 Å². The highest BCUT2D eigenvalue weighted by molar-refractivity contribution is 5.85. The number of hydrogen-bond donors (Lipinski definition) is 2. The summed E-state index contributed by atoms with van der Waals surface area (Å²) in [5.74, 6) is 0.808. The first-order valence-electron chi connectivity index (χ1n) is 8.41. The highest BCUT2D eigenvalue weighted by Gasteiger charge is 2.13. The van der Waals surface area contributed by atoms with Gasteiger partial charge in [0, 0.05) is 25.8 Å². The van der Waals surface area contributed by atoms with Crippen molar-refractivity contribution in [3.8, 4) is 0 Å². The Labute approximate surface area is 168 Å². The molecule has 0 fully saturated rings. The van der Waals surface area contributed by atoms with E-state index in [1.54, 1.807) is 6.20 Å². The molecule has 2 rings (SSSR count). The molecule has 1 aromatic heterocycles. The standard InChI is InChI=1S/C19H26N4O.2ClH/c1-3-23(4-2)18-11-10-16(13-21-18)14-22-19(24)17(20)12-15-8-6-5-7-9-15;;/h5-11,13,17H,3-4,12,14,20H2,1-2H3,(H,22,24);2*1H.